The van der Waals surface area contributed by atoms with E-state index < -0.39 is 0 Å². The molecule has 2 aliphatic rings. The number of nitrogens with zero attached hydrogens (tertiary/aromatic N) is 4. The maximum Gasteiger partial charge on any atom is 0.132 e. The number of aromatic nitrogens is 3. The van der Waals surface area contributed by atoms with Gasteiger partial charge >= 0.3 is 0 Å². The highest BCUT2D eigenvalue weighted by atomic mass is 15.3. The van der Waals surface area contributed by atoms with E-state index >= 15 is 0 Å². The maximum absolute atomic E-state index is 6.40. The SMILES string of the molecule is Nc1c2c(nn1-c1ccncc1)CCN(C1CCCCC1)C2. The summed E-state index contributed by atoms with van der Waals surface area (Å²) in [6.45, 7) is 2.07. The third-order valence-corrected chi connectivity index (χ3v) is 5.10. The van der Waals surface area contributed by atoms with Gasteiger partial charge < -0.3 is 5.73 Å². The van der Waals surface area contributed by atoms with E-state index in [1.807, 2.05) is 16.8 Å². The Labute approximate surface area is 131 Å². The second-order valence-corrected chi connectivity index (χ2v) is 6.44. The van der Waals surface area contributed by atoms with Crippen molar-refractivity contribution in [1.29, 1.82) is 0 Å². The van der Waals surface area contributed by atoms with Crippen LogP contribution in [0.2, 0.25) is 0 Å². The number of hydrogen-bond donors (Lipinski definition) is 1. The van der Waals surface area contributed by atoms with E-state index in [2.05, 4.69) is 9.88 Å². The summed E-state index contributed by atoms with van der Waals surface area (Å²) in [4.78, 5) is 6.69. The van der Waals surface area contributed by atoms with E-state index in [0.717, 1.165) is 37.1 Å². The van der Waals surface area contributed by atoms with Crippen LogP contribution in [0.25, 0.3) is 5.69 Å². The fourth-order valence-electron chi connectivity index (χ4n) is 3.86. The minimum absolute atomic E-state index is 0.741. The first-order valence-corrected chi connectivity index (χ1v) is 8.33. The number of hydrogen-bond acceptors (Lipinski definition) is 4. The predicted octanol–water partition coefficient (Wildman–Crippen LogP) is 2.54. The molecule has 1 saturated carbocycles. The molecule has 1 fully saturated rings. The summed E-state index contributed by atoms with van der Waals surface area (Å²) >= 11 is 0. The smallest absolute Gasteiger partial charge is 0.132 e. The molecule has 0 unspecified atom stereocenters. The summed E-state index contributed by atoms with van der Waals surface area (Å²) in [5, 5.41) is 4.74. The topological polar surface area (TPSA) is 60.0 Å². The minimum atomic E-state index is 0.741. The maximum atomic E-state index is 6.40. The number of nitrogens with two attached hydrogens (primary N) is 1. The summed E-state index contributed by atoms with van der Waals surface area (Å²) in [5.41, 5.74) is 9.79. The van der Waals surface area contributed by atoms with Crippen molar-refractivity contribution in [3.05, 3.63) is 35.8 Å². The molecule has 0 atom stereocenters. The number of anilines is 1. The molecule has 116 valence electrons. The van der Waals surface area contributed by atoms with Crippen LogP contribution in [0.4, 0.5) is 5.82 Å². The van der Waals surface area contributed by atoms with E-state index in [1.165, 1.54) is 43.4 Å². The van der Waals surface area contributed by atoms with Crippen LogP contribution in [-0.4, -0.2) is 32.3 Å². The lowest BCUT2D eigenvalue weighted by molar-refractivity contribution is 0.141. The highest BCUT2D eigenvalue weighted by molar-refractivity contribution is 5.50. The van der Waals surface area contributed by atoms with Gasteiger partial charge in [0.25, 0.3) is 0 Å². The fraction of sp³-hybridized carbons (Fsp3) is 0.529. The summed E-state index contributed by atoms with van der Waals surface area (Å²) in [5.74, 6) is 0.793. The molecule has 0 bridgehead atoms. The molecular weight excluding hydrogens is 274 g/mol. The Hall–Kier alpha value is -1.88. The molecule has 5 heteroatoms. The van der Waals surface area contributed by atoms with Gasteiger partial charge in [0.2, 0.25) is 0 Å². The minimum Gasteiger partial charge on any atom is -0.383 e. The molecule has 0 saturated heterocycles. The van der Waals surface area contributed by atoms with Crippen LogP contribution >= 0.6 is 0 Å². The molecule has 3 heterocycles. The van der Waals surface area contributed by atoms with Crippen molar-refractivity contribution in [2.75, 3.05) is 12.3 Å². The van der Waals surface area contributed by atoms with Crippen LogP contribution < -0.4 is 5.73 Å². The monoisotopic (exact) mass is 297 g/mol. The van der Waals surface area contributed by atoms with Gasteiger partial charge in [-0.2, -0.15) is 5.10 Å². The molecule has 5 nitrogen and oxygen atoms in total. The third kappa shape index (κ3) is 2.39. The molecule has 0 radical (unpaired) electrons. The molecule has 1 aliphatic carbocycles. The van der Waals surface area contributed by atoms with Crippen molar-refractivity contribution in [1.82, 2.24) is 19.7 Å². The molecule has 0 spiro atoms. The number of fused-ring (bicyclic) bond motifs is 1. The molecule has 2 aromatic rings. The standard InChI is InChI=1S/C17H23N5/c18-17-15-12-21(13-4-2-1-3-5-13)11-8-16(15)20-22(17)14-6-9-19-10-7-14/h6-7,9-10,13H,1-5,8,11-12,18H2. The Morgan fingerprint density at radius 1 is 1.09 bits per heavy atom. The van der Waals surface area contributed by atoms with Crippen molar-refractivity contribution in [3.63, 3.8) is 0 Å². The second kappa shape index (κ2) is 5.72. The molecule has 1 aliphatic heterocycles. The Morgan fingerprint density at radius 2 is 1.86 bits per heavy atom. The second-order valence-electron chi connectivity index (χ2n) is 6.44. The van der Waals surface area contributed by atoms with Crippen molar-refractivity contribution in [2.24, 2.45) is 0 Å². The first-order valence-electron chi connectivity index (χ1n) is 8.33. The molecular formula is C17H23N5. The van der Waals surface area contributed by atoms with Gasteiger partial charge in [-0.3, -0.25) is 9.88 Å². The zero-order valence-electron chi connectivity index (χ0n) is 12.9. The van der Waals surface area contributed by atoms with E-state index in [-0.39, 0.29) is 0 Å². The van der Waals surface area contributed by atoms with Crippen LogP contribution in [0.15, 0.2) is 24.5 Å². The quantitative estimate of drug-likeness (QED) is 0.925. The van der Waals surface area contributed by atoms with Crippen LogP contribution in [0.5, 0.6) is 0 Å². The molecule has 2 N–H and O–H groups in total. The predicted molar refractivity (Wildman–Crippen MR) is 86.8 cm³/mol. The molecule has 0 aromatic carbocycles. The van der Waals surface area contributed by atoms with Crippen LogP contribution in [0.1, 0.15) is 43.4 Å². The van der Waals surface area contributed by atoms with Gasteiger partial charge in [-0.15, -0.1) is 0 Å². The Bertz CT molecular complexity index is 643. The molecule has 0 amide bonds. The summed E-state index contributed by atoms with van der Waals surface area (Å²) in [7, 11) is 0. The van der Waals surface area contributed by atoms with Crippen LogP contribution in [-0.2, 0) is 13.0 Å². The highest BCUT2D eigenvalue weighted by Gasteiger charge is 2.28. The van der Waals surface area contributed by atoms with Crippen LogP contribution in [0.3, 0.4) is 0 Å². The summed E-state index contributed by atoms with van der Waals surface area (Å²) < 4.78 is 1.87. The van der Waals surface area contributed by atoms with Gasteiger partial charge in [-0.05, 0) is 25.0 Å². The largest absolute Gasteiger partial charge is 0.383 e. The summed E-state index contributed by atoms with van der Waals surface area (Å²) in [6.07, 6.45) is 11.4. The van der Waals surface area contributed by atoms with Gasteiger partial charge in [0.05, 0.1) is 11.4 Å². The zero-order valence-corrected chi connectivity index (χ0v) is 12.9. The van der Waals surface area contributed by atoms with Crippen molar-refractivity contribution in [3.8, 4) is 5.69 Å². The normalized spacial score (nSPS) is 20.0. The van der Waals surface area contributed by atoms with Gasteiger partial charge in [0, 0.05) is 43.5 Å². The van der Waals surface area contributed by atoms with Gasteiger partial charge in [0.15, 0.2) is 0 Å². The summed E-state index contributed by atoms with van der Waals surface area (Å²) in [6, 6.07) is 4.65. The average molecular weight is 297 g/mol. The van der Waals surface area contributed by atoms with E-state index in [1.54, 1.807) is 12.4 Å². The Kier molecular flexibility index (Phi) is 3.58. The van der Waals surface area contributed by atoms with Crippen molar-refractivity contribution < 1.29 is 0 Å². The lowest BCUT2D eigenvalue weighted by atomic mass is 9.92. The average Bonchev–Trinajstić information content (AvgIpc) is 2.93. The lowest BCUT2D eigenvalue weighted by Gasteiger charge is -2.36. The third-order valence-electron chi connectivity index (χ3n) is 5.10. The van der Waals surface area contributed by atoms with E-state index in [9.17, 15) is 0 Å². The first-order chi connectivity index (χ1) is 10.8. The fourth-order valence-corrected chi connectivity index (χ4v) is 3.86. The number of nitrogen functional groups attached to an aromatic ring is 1. The van der Waals surface area contributed by atoms with Gasteiger partial charge in [-0.1, -0.05) is 19.3 Å². The Balaban J connectivity index is 1.61. The number of rotatable bonds is 2. The zero-order chi connectivity index (χ0) is 14.9. The number of pyridine rings is 1. The van der Waals surface area contributed by atoms with Gasteiger partial charge in [0.1, 0.15) is 5.82 Å². The Morgan fingerprint density at radius 3 is 2.64 bits per heavy atom. The first kappa shape index (κ1) is 13.8. The highest BCUT2D eigenvalue weighted by Crippen LogP contribution is 2.31. The lowest BCUT2D eigenvalue weighted by Crippen LogP contribution is -2.40. The molecule has 22 heavy (non-hydrogen) atoms. The van der Waals surface area contributed by atoms with Crippen molar-refractivity contribution >= 4 is 5.82 Å². The molecule has 4 rings (SSSR count). The van der Waals surface area contributed by atoms with Crippen LogP contribution in [0, 0.1) is 0 Å². The van der Waals surface area contributed by atoms with Crippen molar-refractivity contribution in [2.45, 2.75) is 51.1 Å². The van der Waals surface area contributed by atoms with E-state index in [0.29, 0.717) is 0 Å². The molecule has 2 aromatic heterocycles. The van der Waals surface area contributed by atoms with E-state index in [4.69, 9.17) is 10.8 Å². The van der Waals surface area contributed by atoms with Gasteiger partial charge in [-0.25, -0.2) is 4.68 Å².